The van der Waals surface area contributed by atoms with Crippen molar-refractivity contribution in [3.05, 3.63) is 77.2 Å². The van der Waals surface area contributed by atoms with E-state index in [1.807, 2.05) is 24.3 Å². The Kier molecular flexibility index (Phi) is 3.94. The molecule has 126 valence electrons. The zero-order valence-electron chi connectivity index (χ0n) is 13.3. The summed E-state index contributed by atoms with van der Waals surface area (Å²) in [7, 11) is -3.59. The van der Waals surface area contributed by atoms with Crippen molar-refractivity contribution in [1.82, 2.24) is 0 Å². The largest absolute Gasteiger partial charge is 0.307 e. The molecule has 0 atom stereocenters. The molecule has 1 aromatic heterocycles. The Labute approximate surface area is 150 Å². The van der Waals surface area contributed by atoms with Crippen LogP contribution >= 0.6 is 11.3 Å². The van der Waals surface area contributed by atoms with Crippen molar-refractivity contribution < 1.29 is 13.2 Å². The lowest BCUT2D eigenvalue weighted by Crippen LogP contribution is -2.28. The molecule has 0 saturated carbocycles. The molecule has 25 heavy (non-hydrogen) atoms. The number of anilines is 1. The Balaban J connectivity index is 1.65. The number of fused-ring (bicyclic) bond motifs is 1. The van der Waals surface area contributed by atoms with Gasteiger partial charge < -0.3 is 4.90 Å². The van der Waals surface area contributed by atoms with Crippen LogP contribution in [0.4, 0.5) is 5.69 Å². The van der Waals surface area contributed by atoms with E-state index in [0.29, 0.717) is 11.4 Å². The highest BCUT2D eigenvalue weighted by Gasteiger charge is 2.28. The van der Waals surface area contributed by atoms with E-state index in [-0.39, 0.29) is 15.0 Å². The van der Waals surface area contributed by atoms with Crippen LogP contribution in [0.2, 0.25) is 0 Å². The van der Waals surface area contributed by atoms with Gasteiger partial charge in [-0.25, -0.2) is 8.42 Å². The van der Waals surface area contributed by atoms with Gasteiger partial charge in [0.05, 0.1) is 9.77 Å². The zero-order chi connectivity index (χ0) is 17.4. The fourth-order valence-corrected chi connectivity index (χ4v) is 5.66. The number of nitrogens with zero attached hydrogens (tertiary/aromatic N) is 1. The third kappa shape index (κ3) is 2.77. The predicted octanol–water partition coefficient (Wildman–Crippen LogP) is 3.78. The van der Waals surface area contributed by atoms with Crippen LogP contribution in [0.5, 0.6) is 0 Å². The highest BCUT2D eigenvalue weighted by molar-refractivity contribution is 7.93. The molecule has 1 aliphatic heterocycles. The van der Waals surface area contributed by atoms with Gasteiger partial charge in [-0.05, 0) is 42.3 Å². The molecule has 0 bridgehead atoms. The summed E-state index contributed by atoms with van der Waals surface area (Å²) in [5, 5.41) is 0. The first-order chi connectivity index (χ1) is 12.1. The van der Waals surface area contributed by atoms with Crippen molar-refractivity contribution in [3.63, 3.8) is 0 Å². The summed E-state index contributed by atoms with van der Waals surface area (Å²) in [4.78, 5) is 15.2. The van der Waals surface area contributed by atoms with Crippen molar-refractivity contribution in [2.24, 2.45) is 0 Å². The van der Waals surface area contributed by atoms with E-state index in [0.717, 1.165) is 29.0 Å². The lowest BCUT2D eigenvalue weighted by atomic mass is 10.2. The first kappa shape index (κ1) is 16.1. The molecule has 2 aromatic carbocycles. The molecule has 6 heteroatoms. The van der Waals surface area contributed by atoms with Gasteiger partial charge >= 0.3 is 0 Å². The molecule has 2 heterocycles. The average Bonchev–Trinajstić information content (AvgIpc) is 3.30. The number of hydrogen-bond acceptors (Lipinski definition) is 4. The van der Waals surface area contributed by atoms with Crippen LogP contribution in [0.1, 0.15) is 15.2 Å². The Hall–Kier alpha value is -2.44. The molecule has 0 N–H and O–H groups in total. The predicted molar refractivity (Wildman–Crippen MR) is 98.0 cm³/mol. The summed E-state index contributed by atoms with van der Waals surface area (Å²) in [6.45, 7) is 0.622. The van der Waals surface area contributed by atoms with Crippen molar-refractivity contribution in [3.8, 4) is 0 Å². The monoisotopic (exact) mass is 369 g/mol. The summed E-state index contributed by atoms with van der Waals surface area (Å²) in [6, 6.07) is 19.2. The van der Waals surface area contributed by atoms with E-state index in [9.17, 15) is 13.2 Å². The molecule has 3 aromatic rings. The number of amides is 1. The molecule has 0 aliphatic carbocycles. The average molecular weight is 369 g/mol. The summed E-state index contributed by atoms with van der Waals surface area (Å²) in [6.07, 6.45) is 0.822. The second kappa shape index (κ2) is 6.13. The molecule has 1 aliphatic rings. The van der Waals surface area contributed by atoms with Gasteiger partial charge in [0.2, 0.25) is 9.84 Å². The van der Waals surface area contributed by atoms with E-state index in [4.69, 9.17) is 0 Å². The van der Waals surface area contributed by atoms with Crippen LogP contribution in [-0.4, -0.2) is 20.9 Å². The minimum absolute atomic E-state index is 0.149. The Morgan fingerprint density at radius 1 is 0.920 bits per heavy atom. The van der Waals surface area contributed by atoms with E-state index in [1.165, 1.54) is 6.07 Å². The molecule has 0 spiro atoms. The Morgan fingerprint density at radius 2 is 1.64 bits per heavy atom. The fraction of sp³-hybridized carbons (Fsp3) is 0.105. The topological polar surface area (TPSA) is 54.5 Å². The fourth-order valence-electron chi connectivity index (χ4n) is 2.98. The normalized spacial score (nSPS) is 13.7. The van der Waals surface area contributed by atoms with Gasteiger partial charge in [0, 0.05) is 12.2 Å². The van der Waals surface area contributed by atoms with Crippen LogP contribution in [0, 0.1) is 0 Å². The number of hydrogen-bond donors (Lipinski definition) is 0. The van der Waals surface area contributed by atoms with Crippen LogP contribution in [0.15, 0.2) is 75.8 Å². The summed E-state index contributed by atoms with van der Waals surface area (Å²) in [5.41, 5.74) is 2.05. The van der Waals surface area contributed by atoms with Gasteiger partial charge in [-0.15, -0.1) is 11.3 Å². The lowest BCUT2D eigenvalue weighted by molar-refractivity contribution is 0.0993. The molecule has 4 nitrogen and oxygen atoms in total. The number of carbonyl (C=O) groups excluding carboxylic acids is 1. The van der Waals surface area contributed by atoms with Gasteiger partial charge in [-0.2, -0.15) is 0 Å². The maximum Gasteiger partial charge on any atom is 0.268 e. The summed E-state index contributed by atoms with van der Waals surface area (Å²) in [5.74, 6) is -0.149. The quantitative estimate of drug-likeness (QED) is 0.706. The number of para-hydroxylation sites is 1. The van der Waals surface area contributed by atoms with Gasteiger partial charge in [0.15, 0.2) is 0 Å². The number of sulfone groups is 1. The molecule has 0 unspecified atom stereocenters. The number of thiophene rings is 1. The lowest BCUT2D eigenvalue weighted by Gasteiger charge is -2.16. The van der Waals surface area contributed by atoms with Crippen molar-refractivity contribution in [2.75, 3.05) is 11.4 Å². The minimum Gasteiger partial charge on any atom is -0.307 e. The number of benzene rings is 2. The SMILES string of the molecule is O=C(c1ccc(S(=O)(=O)c2ccccc2)s1)N1CCc2ccccc21. The number of rotatable bonds is 3. The standard InChI is InChI=1S/C19H15NO3S2/c21-19(20-13-12-14-6-4-5-9-16(14)20)17-10-11-18(24-17)25(22,23)15-7-2-1-3-8-15/h1-11H,12-13H2. The van der Waals surface area contributed by atoms with Gasteiger partial charge in [-0.3, -0.25) is 4.79 Å². The van der Waals surface area contributed by atoms with Gasteiger partial charge in [-0.1, -0.05) is 36.4 Å². The van der Waals surface area contributed by atoms with E-state index in [2.05, 4.69) is 0 Å². The van der Waals surface area contributed by atoms with Crippen LogP contribution in [0.25, 0.3) is 0 Å². The first-order valence-corrected chi connectivity index (χ1v) is 10.2. The Morgan fingerprint density at radius 3 is 2.44 bits per heavy atom. The molecule has 0 fully saturated rings. The first-order valence-electron chi connectivity index (χ1n) is 7.87. The zero-order valence-corrected chi connectivity index (χ0v) is 14.9. The smallest absolute Gasteiger partial charge is 0.268 e. The molecule has 0 radical (unpaired) electrons. The van der Waals surface area contributed by atoms with Gasteiger partial charge in [0.25, 0.3) is 5.91 Å². The third-order valence-electron chi connectivity index (χ3n) is 4.24. The number of carbonyl (C=O) groups is 1. The second-order valence-corrected chi connectivity index (χ2v) is 9.03. The molecular formula is C19H15NO3S2. The summed E-state index contributed by atoms with van der Waals surface area (Å²) >= 11 is 1.03. The van der Waals surface area contributed by atoms with Crippen LogP contribution in [-0.2, 0) is 16.3 Å². The van der Waals surface area contributed by atoms with Gasteiger partial charge in [0.1, 0.15) is 4.21 Å². The molecule has 1 amide bonds. The minimum atomic E-state index is -3.59. The van der Waals surface area contributed by atoms with E-state index >= 15 is 0 Å². The van der Waals surface area contributed by atoms with E-state index in [1.54, 1.807) is 41.3 Å². The van der Waals surface area contributed by atoms with E-state index < -0.39 is 9.84 Å². The van der Waals surface area contributed by atoms with Crippen LogP contribution in [0.3, 0.4) is 0 Å². The van der Waals surface area contributed by atoms with Crippen molar-refractivity contribution in [2.45, 2.75) is 15.5 Å². The second-order valence-electron chi connectivity index (χ2n) is 5.77. The maximum atomic E-state index is 12.8. The van der Waals surface area contributed by atoms with Crippen LogP contribution < -0.4 is 4.90 Å². The summed E-state index contributed by atoms with van der Waals surface area (Å²) < 4.78 is 25.5. The highest BCUT2D eigenvalue weighted by atomic mass is 32.2. The highest BCUT2D eigenvalue weighted by Crippen LogP contribution is 2.32. The Bertz CT molecular complexity index is 1040. The maximum absolute atomic E-state index is 12.8. The van der Waals surface area contributed by atoms with Crippen molar-refractivity contribution >= 4 is 32.8 Å². The third-order valence-corrected chi connectivity index (χ3v) is 7.58. The molecule has 4 rings (SSSR count). The molecule has 0 saturated heterocycles. The van der Waals surface area contributed by atoms with Crippen molar-refractivity contribution in [1.29, 1.82) is 0 Å². The molecular weight excluding hydrogens is 354 g/mol.